The van der Waals surface area contributed by atoms with Crippen LogP contribution in [0.1, 0.15) is 50.2 Å². The third-order valence-electron chi connectivity index (χ3n) is 6.11. The highest BCUT2D eigenvalue weighted by atomic mass is 16.5. The van der Waals surface area contributed by atoms with E-state index in [9.17, 15) is 5.11 Å². The Morgan fingerprint density at radius 1 is 1.20 bits per heavy atom. The molecule has 166 valence electrons. The minimum atomic E-state index is -0.484. The molecule has 0 saturated heterocycles. The summed E-state index contributed by atoms with van der Waals surface area (Å²) < 4.78 is 7.91. The Balaban J connectivity index is 1.52. The molecule has 30 heavy (non-hydrogen) atoms. The third-order valence-corrected chi connectivity index (χ3v) is 6.11. The molecule has 6 nitrogen and oxygen atoms in total. The van der Waals surface area contributed by atoms with E-state index in [0.717, 1.165) is 30.9 Å². The standard InChI is InChI=1S/C24H38N4O2/c1-4-28(16-20-14-25-27(3)15-20)17-21-10-8-9-13-24(21)30-19-23(29)18-26(2)22-11-6-5-7-12-22/h8-10,13-15,22-23,29H,4-7,11-12,16-19H2,1-3H3/t23-/m0/s1. The summed E-state index contributed by atoms with van der Waals surface area (Å²) in [5.74, 6) is 0.863. The van der Waals surface area contributed by atoms with Gasteiger partial charge in [0.05, 0.1) is 6.20 Å². The van der Waals surface area contributed by atoms with Crippen molar-refractivity contribution in [3.05, 3.63) is 47.8 Å². The summed E-state index contributed by atoms with van der Waals surface area (Å²) in [7, 11) is 4.07. The summed E-state index contributed by atoms with van der Waals surface area (Å²) in [6.45, 7) is 5.76. The number of aliphatic hydroxyl groups is 1. The number of para-hydroxylation sites is 1. The van der Waals surface area contributed by atoms with Crippen molar-refractivity contribution in [2.24, 2.45) is 7.05 Å². The van der Waals surface area contributed by atoms with Crippen molar-refractivity contribution in [2.45, 2.75) is 64.3 Å². The summed E-state index contributed by atoms with van der Waals surface area (Å²) in [6.07, 6.45) is 9.95. The first-order chi connectivity index (χ1) is 14.5. The number of aromatic nitrogens is 2. The molecule has 1 aromatic heterocycles. The predicted octanol–water partition coefficient (Wildman–Crippen LogP) is 3.45. The van der Waals surface area contributed by atoms with Gasteiger partial charge in [0.1, 0.15) is 18.5 Å². The molecule has 0 radical (unpaired) electrons. The Kier molecular flexibility index (Phi) is 8.73. The highest BCUT2D eigenvalue weighted by Crippen LogP contribution is 2.23. The van der Waals surface area contributed by atoms with Gasteiger partial charge >= 0.3 is 0 Å². The average Bonchev–Trinajstić information content (AvgIpc) is 3.17. The zero-order valence-corrected chi connectivity index (χ0v) is 18.8. The van der Waals surface area contributed by atoms with Crippen LogP contribution in [0.15, 0.2) is 36.7 Å². The summed E-state index contributed by atoms with van der Waals surface area (Å²) in [5.41, 5.74) is 2.36. The summed E-state index contributed by atoms with van der Waals surface area (Å²) in [5, 5.41) is 14.8. The van der Waals surface area contributed by atoms with Crippen LogP contribution in [-0.4, -0.2) is 63.6 Å². The van der Waals surface area contributed by atoms with Crippen LogP contribution in [0.5, 0.6) is 5.75 Å². The molecule has 2 aromatic rings. The van der Waals surface area contributed by atoms with Gasteiger partial charge in [-0.2, -0.15) is 5.10 Å². The monoisotopic (exact) mass is 414 g/mol. The summed E-state index contributed by atoms with van der Waals surface area (Å²) in [4.78, 5) is 4.68. The lowest BCUT2D eigenvalue weighted by Crippen LogP contribution is -2.40. The van der Waals surface area contributed by atoms with E-state index in [2.05, 4.69) is 41.1 Å². The van der Waals surface area contributed by atoms with Crippen molar-refractivity contribution in [1.29, 1.82) is 0 Å². The van der Waals surface area contributed by atoms with Crippen LogP contribution in [0.4, 0.5) is 0 Å². The van der Waals surface area contributed by atoms with E-state index in [4.69, 9.17) is 4.74 Å². The Bertz CT molecular complexity index is 757. The SMILES string of the molecule is CCN(Cc1cnn(C)c1)Cc1ccccc1OC[C@@H](O)CN(C)C1CCCCC1. The van der Waals surface area contributed by atoms with Gasteiger partial charge < -0.3 is 14.7 Å². The van der Waals surface area contributed by atoms with Gasteiger partial charge in [-0.1, -0.05) is 44.4 Å². The molecule has 1 N–H and O–H groups in total. The number of hydrogen-bond acceptors (Lipinski definition) is 5. The minimum absolute atomic E-state index is 0.322. The van der Waals surface area contributed by atoms with Crippen molar-refractivity contribution < 1.29 is 9.84 Å². The molecule has 3 rings (SSSR count). The molecule has 1 aromatic carbocycles. The second-order valence-corrected chi connectivity index (χ2v) is 8.63. The van der Waals surface area contributed by atoms with Gasteiger partial charge in [0.15, 0.2) is 0 Å². The van der Waals surface area contributed by atoms with Crippen molar-refractivity contribution in [3.8, 4) is 5.75 Å². The van der Waals surface area contributed by atoms with E-state index in [1.807, 2.05) is 36.1 Å². The van der Waals surface area contributed by atoms with E-state index in [-0.39, 0.29) is 0 Å². The fourth-order valence-corrected chi connectivity index (χ4v) is 4.35. The Morgan fingerprint density at radius 2 is 1.97 bits per heavy atom. The molecule has 1 aliphatic carbocycles. The van der Waals surface area contributed by atoms with Gasteiger partial charge in [0.25, 0.3) is 0 Å². The maximum Gasteiger partial charge on any atom is 0.123 e. The molecule has 0 amide bonds. The number of rotatable bonds is 11. The first-order valence-electron chi connectivity index (χ1n) is 11.3. The third kappa shape index (κ3) is 6.83. The lowest BCUT2D eigenvalue weighted by molar-refractivity contribution is 0.0556. The molecule has 6 heteroatoms. The maximum atomic E-state index is 10.5. The van der Waals surface area contributed by atoms with E-state index < -0.39 is 6.10 Å². The van der Waals surface area contributed by atoms with Crippen molar-refractivity contribution in [3.63, 3.8) is 0 Å². The molecule has 1 heterocycles. The van der Waals surface area contributed by atoms with Gasteiger partial charge in [0.2, 0.25) is 0 Å². The number of aryl methyl sites for hydroxylation is 1. The predicted molar refractivity (Wildman–Crippen MR) is 120 cm³/mol. The Morgan fingerprint density at radius 3 is 2.67 bits per heavy atom. The fourth-order valence-electron chi connectivity index (χ4n) is 4.35. The smallest absolute Gasteiger partial charge is 0.123 e. The molecule has 1 atom stereocenters. The van der Waals surface area contributed by atoms with Crippen LogP contribution in [0.2, 0.25) is 0 Å². The topological polar surface area (TPSA) is 53.8 Å². The second kappa shape index (κ2) is 11.5. The Labute approximate surface area is 181 Å². The lowest BCUT2D eigenvalue weighted by atomic mass is 9.94. The molecule has 0 aliphatic heterocycles. The van der Waals surface area contributed by atoms with Gasteiger partial charge in [-0.05, 0) is 32.5 Å². The van der Waals surface area contributed by atoms with Crippen molar-refractivity contribution >= 4 is 0 Å². The van der Waals surface area contributed by atoms with Crippen LogP contribution in [0.25, 0.3) is 0 Å². The van der Waals surface area contributed by atoms with E-state index in [1.54, 1.807) is 0 Å². The number of likely N-dealkylation sites (N-methyl/N-ethyl adjacent to an activating group) is 1. The minimum Gasteiger partial charge on any atom is -0.491 e. The van der Waals surface area contributed by atoms with Crippen molar-refractivity contribution in [2.75, 3.05) is 26.7 Å². The summed E-state index contributed by atoms with van der Waals surface area (Å²) >= 11 is 0. The molecular weight excluding hydrogens is 376 g/mol. The Hall–Kier alpha value is -1.89. The molecule has 0 spiro atoms. The highest BCUT2D eigenvalue weighted by Gasteiger charge is 2.20. The largest absolute Gasteiger partial charge is 0.491 e. The quantitative estimate of drug-likeness (QED) is 0.610. The maximum absolute atomic E-state index is 10.5. The second-order valence-electron chi connectivity index (χ2n) is 8.63. The highest BCUT2D eigenvalue weighted by molar-refractivity contribution is 5.33. The number of aliphatic hydroxyl groups excluding tert-OH is 1. The average molecular weight is 415 g/mol. The molecule has 1 fully saturated rings. The zero-order chi connectivity index (χ0) is 21.3. The van der Waals surface area contributed by atoms with E-state index >= 15 is 0 Å². The lowest BCUT2D eigenvalue weighted by Gasteiger charge is -2.32. The fraction of sp³-hybridized carbons (Fsp3) is 0.625. The van der Waals surface area contributed by atoms with E-state index in [0.29, 0.717) is 19.2 Å². The van der Waals surface area contributed by atoms with Gasteiger partial charge in [-0.15, -0.1) is 0 Å². The van der Waals surface area contributed by atoms with Crippen molar-refractivity contribution in [1.82, 2.24) is 19.6 Å². The zero-order valence-electron chi connectivity index (χ0n) is 18.8. The molecule has 0 bridgehead atoms. The molecular formula is C24H38N4O2. The number of nitrogens with zero attached hydrogens (tertiary/aromatic N) is 4. The number of ether oxygens (including phenoxy) is 1. The van der Waals surface area contributed by atoms with Crippen LogP contribution in [0.3, 0.4) is 0 Å². The van der Waals surface area contributed by atoms with Crippen LogP contribution in [0, 0.1) is 0 Å². The van der Waals surface area contributed by atoms with Gasteiger partial charge in [-0.25, -0.2) is 0 Å². The normalized spacial score (nSPS) is 16.3. The van der Waals surface area contributed by atoms with Gasteiger partial charge in [0, 0.05) is 50.0 Å². The number of benzene rings is 1. The molecule has 1 aliphatic rings. The molecule has 1 saturated carbocycles. The summed E-state index contributed by atoms with van der Waals surface area (Å²) in [6, 6.07) is 8.77. The first-order valence-corrected chi connectivity index (χ1v) is 11.3. The number of hydrogen-bond donors (Lipinski definition) is 1. The van der Waals surface area contributed by atoms with Gasteiger partial charge in [-0.3, -0.25) is 9.58 Å². The van der Waals surface area contributed by atoms with E-state index in [1.165, 1.54) is 37.7 Å². The first kappa shape index (κ1) is 22.8. The van der Waals surface area contributed by atoms with Crippen LogP contribution in [-0.2, 0) is 20.1 Å². The molecule has 0 unspecified atom stereocenters. The van der Waals surface area contributed by atoms with Crippen LogP contribution >= 0.6 is 0 Å². The van der Waals surface area contributed by atoms with Crippen LogP contribution < -0.4 is 4.74 Å².